The molecule has 0 heterocycles. The zero-order chi connectivity index (χ0) is 17.3. The van der Waals surface area contributed by atoms with Crippen molar-refractivity contribution in [2.45, 2.75) is 66.0 Å². The van der Waals surface area contributed by atoms with Crippen molar-refractivity contribution in [1.29, 1.82) is 0 Å². The summed E-state index contributed by atoms with van der Waals surface area (Å²) in [6.45, 7) is 9.93. The number of amides is 2. The molecule has 0 saturated heterocycles. The molecular formula is C16H31N3O3. The lowest BCUT2D eigenvalue weighted by Crippen LogP contribution is -2.45. The third-order valence-electron chi connectivity index (χ3n) is 3.58. The second-order valence-electron chi connectivity index (χ2n) is 6.45. The molecule has 0 rings (SSSR count). The molecule has 0 bridgehead atoms. The van der Waals surface area contributed by atoms with E-state index in [1.54, 1.807) is 0 Å². The van der Waals surface area contributed by atoms with Crippen molar-refractivity contribution in [3.8, 4) is 0 Å². The predicted octanol–water partition coefficient (Wildman–Crippen LogP) is 1.62. The molecule has 22 heavy (non-hydrogen) atoms. The van der Waals surface area contributed by atoms with Crippen LogP contribution < -0.4 is 16.4 Å². The molecule has 6 heteroatoms. The molecule has 0 aromatic carbocycles. The highest BCUT2D eigenvalue weighted by atomic mass is 16.2. The highest BCUT2D eigenvalue weighted by molar-refractivity contribution is 5.89. The molecule has 0 aliphatic rings. The number of hydrogen-bond acceptors (Lipinski definition) is 4. The van der Waals surface area contributed by atoms with Crippen LogP contribution in [0.3, 0.4) is 0 Å². The number of primary amides is 1. The fourth-order valence-electron chi connectivity index (χ4n) is 2.40. The minimum atomic E-state index is -0.573. The van der Waals surface area contributed by atoms with Crippen LogP contribution in [0.1, 0.15) is 53.9 Å². The second kappa shape index (κ2) is 10.3. The van der Waals surface area contributed by atoms with Gasteiger partial charge in [-0.3, -0.25) is 9.59 Å². The Morgan fingerprint density at radius 2 is 1.68 bits per heavy atom. The topological polar surface area (TPSA) is 101 Å². The molecule has 0 spiro atoms. The average Bonchev–Trinajstić information content (AvgIpc) is 2.38. The highest BCUT2D eigenvalue weighted by Gasteiger charge is 2.26. The first kappa shape index (κ1) is 20.6. The highest BCUT2D eigenvalue weighted by Crippen LogP contribution is 2.17. The smallest absolute Gasteiger partial charge is 0.312 e. The monoisotopic (exact) mass is 313 g/mol. The average molecular weight is 313 g/mol. The molecule has 0 radical (unpaired) electrons. The van der Waals surface area contributed by atoms with E-state index in [4.69, 9.17) is 5.73 Å². The minimum absolute atomic E-state index is 0.0134. The van der Waals surface area contributed by atoms with Crippen molar-refractivity contribution in [2.24, 2.45) is 17.6 Å². The van der Waals surface area contributed by atoms with Gasteiger partial charge in [-0.25, -0.2) is 4.79 Å². The summed E-state index contributed by atoms with van der Waals surface area (Å²) in [6, 6.07) is -0.589. The van der Waals surface area contributed by atoms with E-state index in [1.165, 1.54) is 6.92 Å². The van der Waals surface area contributed by atoms with Crippen molar-refractivity contribution in [2.75, 3.05) is 6.54 Å². The van der Waals surface area contributed by atoms with Gasteiger partial charge >= 0.3 is 6.03 Å². The zero-order valence-corrected chi connectivity index (χ0v) is 14.4. The van der Waals surface area contributed by atoms with Gasteiger partial charge in [0.1, 0.15) is 5.78 Å². The third-order valence-corrected chi connectivity index (χ3v) is 3.58. The first-order valence-corrected chi connectivity index (χ1v) is 7.97. The van der Waals surface area contributed by atoms with Crippen molar-refractivity contribution < 1.29 is 14.4 Å². The Morgan fingerprint density at radius 1 is 1.09 bits per heavy atom. The summed E-state index contributed by atoms with van der Waals surface area (Å²) in [6.07, 6.45) is 1.45. The Kier molecular flexibility index (Phi) is 9.65. The lowest BCUT2D eigenvalue weighted by molar-refractivity contribution is -0.128. The number of nitrogens with one attached hydrogen (secondary N) is 2. The zero-order valence-electron chi connectivity index (χ0n) is 14.4. The van der Waals surface area contributed by atoms with Crippen LogP contribution in [-0.2, 0) is 9.59 Å². The number of carbonyl (C=O) groups is 3. The summed E-state index contributed by atoms with van der Waals surface area (Å²) in [5.74, 6) is -0.0253. The maximum atomic E-state index is 12.5. The van der Waals surface area contributed by atoms with Crippen molar-refractivity contribution >= 4 is 17.6 Å². The molecule has 0 aromatic heterocycles. The summed E-state index contributed by atoms with van der Waals surface area (Å²) in [5, 5.41) is 5.76. The predicted molar refractivity (Wildman–Crippen MR) is 87.5 cm³/mol. The van der Waals surface area contributed by atoms with E-state index in [0.717, 1.165) is 0 Å². The second-order valence-corrected chi connectivity index (χ2v) is 6.45. The molecule has 0 unspecified atom stereocenters. The Bertz CT molecular complexity index is 381. The number of carbonyl (C=O) groups excluding carboxylic acids is 3. The van der Waals surface area contributed by atoms with Gasteiger partial charge < -0.3 is 16.4 Å². The van der Waals surface area contributed by atoms with Crippen molar-refractivity contribution in [1.82, 2.24) is 10.6 Å². The Labute approximate surface area is 133 Å². The molecule has 0 saturated carbocycles. The van der Waals surface area contributed by atoms with Gasteiger partial charge in [-0.1, -0.05) is 27.7 Å². The Morgan fingerprint density at radius 3 is 2.09 bits per heavy atom. The Balaban J connectivity index is 4.54. The lowest BCUT2D eigenvalue weighted by atomic mass is 9.88. The van der Waals surface area contributed by atoms with E-state index in [-0.39, 0.29) is 41.9 Å². The van der Waals surface area contributed by atoms with Gasteiger partial charge in [0, 0.05) is 24.9 Å². The van der Waals surface area contributed by atoms with Crippen molar-refractivity contribution in [3.63, 3.8) is 0 Å². The summed E-state index contributed by atoms with van der Waals surface area (Å²) < 4.78 is 0. The molecular weight excluding hydrogens is 282 g/mol. The number of hydrogen-bond donors (Lipinski definition) is 3. The molecule has 2 atom stereocenters. The maximum Gasteiger partial charge on any atom is 0.312 e. The normalized spacial score (nSPS) is 14.0. The molecule has 128 valence electrons. The fraction of sp³-hybridized carbons (Fsp3) is 0.812. The summed E-state index contributed by atoms with van der Waals surface area (Å²) in [7, 11) is 0. The number of rotatable bonds is 11. The molecule has 0 aromatic rings. The van der Waals surface area contributed by atoms with Gasteiger partial charge in [0.15, 0.2) is 5.78 Å². The first-order valence-electron chi connectivity index (χ1n) is 7.97. The fourth-order valence-corrected chi connectivity index (χ4v) is 2.40. The minimum Gasteiger partial charge on any atom is -0.352 e. The Hall–Kier alpha value is -1.43. The molecule has 0 aliphatic carbocycles. The standard InChI is InChI=1S/C16H31N3O3/c1-10(2)15(19-11(3)4)14(21)9-13(12(5)20)7-6-8-18-16(17)22/h10-11,13,15,19H,6-9H2,1-5H3,(H3,17,18,22)/t13-,15+/m1/s1. The van der Waals surface area contributed by atoms with E-state index in [0.29, 0.717) is 19.4 Å². The SMILES string of the molecule is CC(=O)[C@H](CCCNC(N)=O)CC(=O)[C@@H](NC(C)C)C(C)C. The molecule has 0 fully saturated rings. The summed E-state index contributed by atoms with van der Waals surface area (Å²) >= 11 is 0. The summed E-state index contributed by atoms with van der Waals surface area (Å²) in [4.78, 5) is 34.8. The van der Waals surface area contributed by atoms with Crippen LogP contribution >= 0.6 is 0 Å². The maximum absolute atomic E-state index is 12.5. The van der Waals surface area contributed by atoms with Gasteiger partial charge in [-0.15, -0.1) is 0 Å². The van der Waals surface area contributed by atoms with Gasteiger partial charge in [0.25, 0.3) is 0 Å². The largest absolute Gasteiger partial charge is 0.352 e. The first-order chi connectivity index (χ1) is 10.1. The van der Waals surface area contributed by atoms with Crippen LogP contribution in [0, 0.1) is 11.8 Å². The van der Waals surface area contributed by atoms with Crippen LogP contribution in [0.2, 0.25) is 0 Å². The van der Waals surface area contributed by atoms with E-state index >= 15 is 0 Å². The van der Waals surface area contributed by atoms with E-state index < -0.39 is 6.03 Å². The number of Topliss-reactive ketones (excluding diaryl/α,β-unsaturated/α-hetero) is 2. The van der Waals surface area contributed by atoms with Gasteiger partial charge in [-0.05, 0) is 25.7 Å². The lowest BCUT2D eigenvalue weighted by Gasteiger charge is -2.25. The number of urea groups is 1. The molecule has 0 aliphatic heterocycles. The van der Waals surface area contributed by atoms with E-state index in [2.05, 4.69) is 10.6 Å². The number of ketones is 2. The van der Waals surface area contributed by atoms with Crippen LogP contribution in [0.5, 0.6) is 0 Å². The number of nitrogens with two attached hydrogens (primary N) is 1. The third kappa shape index (κ3) is 8.77. The molecule has 4 N–H and O–H groups in total. The quantitative estimate of drug-likeness (QED) is 0.504. The van der Waals surface area contributed by atoms with Crippen LogP contribution in [-0.4, -0.2) is 36.2 Å². The van der Waals surface area contributed by atoms with Gasteiger partial charge in [-0.2, -0.15) is 0 Å². The van der Waals surface area contributed by atoms with Crippen LogP contribution in [0.4, 0.5) is 4.79 Å². The van der Waals surface area contributed by atoms with Gasteiger partial charge in [0.2, 0.25) is 0 Å². The van der Waals surface area contributed by atoms with Gasteiger partial charge in [0.05, 0.1) is 6.04 Å². The van der Waals surface area contributed by atoms with E-state index in [9.17, 15) is 14.4 Å². The summed E-state index contributed by atoms with van der Waals surface area (Å²) in [5.41, 5.74) is 4.99. The van der Waals surface area contributed by atoms with Crippen molar-refractivity contribution in [3.05, 3.63) is 0 Å². The molecule has 6 nitrogen and oxygen atoms in total. The molecule has 2 amide bonds. The van der Waals surface area contributed by atoms with Crippen LogP contribution in [0.25, 0.3) is 0 Å². The van der Waals surface area contributed by atoms with Crippen LogP contribution in [0.15, 0.2) is 0 Å². The van der Waals surface area contributed by atoms with E-state index in [1.807, 2.05) is 27.7 Å².